The first kappa shape index (κ1) is 17.9. The molecule has 9 heteroatoms. The minimum Gasteiger partial charge on any atom is -0.457 e. The van der Waals surface area contributed by atoms with Crippen LogP contribution in [0, 0.1) is 19.7 Å². The van der Waals surface area contributed by atoms with Crippen molar-refractivity contribution in [2.24, 2.45) is 0 Å². The SMILES string of the molecule is Cc1ccc2ncnc(Nc3cc(C)c(Oc4ccn5ncnc5c4)cc3F)c2n1. The molecule has 4 aromatic heterocycles. The number of aromatic nitrogens is 6. The lowest BCUT2D eigenvalue weighted by molar-refractivity contribution is 0.473. The molecule has 148 valence electrons. The lowest BCUT2D eigenvalue weighted by Gasteiger charge is -2.13. The van der Waals surface area contributed by atoms with Crippen LogP contribution in [0.1, 0.15) is 11.3 Å². The van der Waals surface area contributed by atoms with Crippen molar-refractivity contribution in [3.63, 3.8) is 0 Å². The number of nitrogens with zero attached hydrogens (tertiary/aromatic N) is 6. The quantitative estimate of drug-likeness (QED) is 0.478. The summed E-state index contributed by atoms with van der Waals surface area (Å²) in [5, 5.41) is 7.07. The first-order valence-electron chi connectivity index (χ1n) is 9.19. The molecule has 0 fully saturated rings. The number of fused-ring (bicyclic) bond motifs is 2. The molecule has 1 N–H and O–H groups in total. The van der Waals surface area contributed by atoms with Gasteiger partial charge in [-0.25, -0.2) is 28.8 Å². The Morgan fingerprint density at radius 2 is 1.90 bits per heavy atom. The van der Waals surface area contributed by atoms with Crippen LogP contribution in [-0.4, -0.2) is 29.5 Å². The maximum absolute atomic E-state index is 14.9. The van der Waals surface area contributed by atoms with E-state index in [0.29, 0.717) is 34.0 Å². The van der Waals surface area contributed by atoms with E-state index in [1.54, 1.807) is 28.9 Å². The highest BCUT2D eigenvalue weighted by Crippen LogP contribution is 2.32. The molecule has 0 saturated carbocycles. The summed E-state index contributed by atoms with van der Waals surface area (Å²) in [5.74, 6) is 0.912. The van der Waals surface area contributed by atoms with Crippen LogP contribution in [0.2, 0.25) is 0 Å². The van der Waals surface area contributed by atoms with Crippen LogP contribution in [0.25, 0.3) is 16.7 Å². The van der Waals surface area contributed by atoms with E-state index < -0.39 is 5.82 Å². The Balaban J connectivity index is 1.46. The first-order chi connectivity index (χ1) is 14.6. The summed E-state index contributed by atoms with van der Waals surface area (Å²) >= 11 is 0. The second-order valence-electron chi connectivity index (χ2n) is 6.79. The summed E-state index contributed by atoms with van der Waals surface area (Å²) in [4.78, 5) is 17.0. The van der Waals surface area contributed by atoms with E-state index in [0.717, 1.165) is 11.3 Å². The summed E-state index contributed by atoms with van der Waals surface area (Å²) in [6.45, 7) is 3.72. The molecule has 5 rings (SSSR count). The second kappa shape index (κ2) is 7.03. The number of aryl methyl sites for hydroxylation is 2. The van der Waals surface area contributed by atoms with Crippen molar-refractivity contribution in [1.82, 2.24) is 29.5 Å². The van der Waals surface area contributed by atoms with E-state index in [-0.39, 0.29) is 5.69 Å². The predicted octanol–water partition coefficient (Wildman–Crippen LogP) is 4.36. The fraction of sp³-hybridized carbons (Fsp3) is 0.0952. The Bertz CT molecular complexity index is 1400. The molecule has 0 unspecified atom stereocenters. The van der Waals surface area contributed by atoms with Crippen molar-refractivity contribution in [3.8, 4) is 11.5 Å². The van der Waals surface area contributed by atoms with Crippen molar-refractivity contribution >= 4 is 28.2 Å². The van der Waals surface area contributed by atoms with Gasteiger partial charge in [0.05, 0.1) is 11.2 Å². The molecular formula is C21H16FN7O. The third-order valence-electron chi connectivity index (χ3n) is 4.62. The summed E-state index contributed by atoms with van der Waals surface area (Å²) in [6, 6.07) is 10.2. The highest BCUT2D eigenvalue weighted by atomic mass is 19.1. The number of hydrogen-bond acceptors (Lipinski definition) is 7. The number of anilines is 2. The first-order valence-corrected chi connectivity index (χ1v) is 9.19. The molecule has 4 heterocycles. The maximum atomic E-state index is 14.9. The standard InChI is InChI=1S/C21H16FN7O/c1-12-7-17(28-21-20-16(23-10-25-21)4-3-13(2)27-20)15(22)9-18(12)30-14-5-6-29-19(8-14)24-11-26-29/h3-11H,1-2H3,(H,23,25,28). The Kier molecular flexibility index (Phi) is 4.20. The number of halogens is 1. The van der Waals surface area contributed by atoms with Gasteiger partial charge in [0.2, 0.25) is 0 Å². The summed E-state index contributed by atoms with van der Waals surface area (Å²) in [5.41, 5.74) is 3.75. The van der Waals surface area contributed by atoms with Gasteiger partial charge in [0.1, 0.15) is 35.5 Å². The Labute approximate surface area is 170 Å². The lowest BCUT2D eigenvalue weighted by atomic mass is 10.2. The van der Waals surface area contributed by atoms with Gasteiger partial charge in [-0.05, 0) is 43.7 Å². The molecule has 0 radical (unpaired) electrons. The van der Waals surface area contributed by atoms with Gasteiger partial charge in [-0.3, -0.25) is 0 Å². The summed E-state index contributed by atoms with van der Waals surface area (Å²) in [6.07, 6.45) is 4.61. The van der Waals surface area contributed by atoms with Crippen molar-refractivity contribution < 1.29 is 9.13 Å². The topological polar surface area (TPSA) is 90.1 Å². The largest absolute Gasteiger partial charge is 0.457 e. The zero-order valence-corrected chi connectivity index (χ0v) is 16.2. The van der Waals surface area contributed by atoms with Crippen LogP contribution in [0.3, 0.4) is 0 Å². The molecule has 0 amide bonds. The van der Waals surface area contributed by atoms with E-state index in [1.165, 1.54) is 18.7 Å². The maximum Gasteiger partial charge on any atom is 0.160 e. The van der Waals surface area contributed by atoms with Crippen molar-refractivity contribution in [2.75, 3.05) is 5.32 Å². The Hall–Kier alpha value is -4.14. The van der Waals surface area contributed by atoms with E-state index in [2.05, 4.69) is 30.4 Å². The number of ether oxygens (including phenoxy) is 1. The van der Waals surface area contributed by atoms with Crippen molar-refractivity contribution in [3.05, 3.63) is 72.3 Å². The normalized spacial score (nSPS) is 11.2. The Morgan fingerprint density at radius 1 is 1.00 bits per heavy atom. The smallest absolute Gasteiger partial charge is 0.160 e. The monoisotopic (exact) mass is 401 g/mol. The molecule has 0 atom stereocenters. The van der Waals surface area contributed by atoms with Gasteiger partial charge in [-0.15, -0.1) is 0 Å². The third kappa shape index (κ3) is 3.26. The van der Waals surface area contributed by atoms with Gasteiger partial charge < -0.3 is 10.1 Å². The van der Waals surface area contributed by atoms with Gasteiger partial charge in [0, 0.05) is 24.0 Å². The highest BCUT2D eigenvalue weighted by Gasteiger charge is 2.13. The lowest BCUT2D eigenvalue weighted by Crippen LogP contribution is -2.01. The highest BCUT2D eigenvalue weighted by molar-refractivity contribution is 5.87. The molecule has 5 aromatic rings. The summed E-state index contributed by atoms with van der Waals surface area (Å²) in [7, 11) is 0. The number of rotatable bonds is 4. The van der Waals surface area contributed by atoms with Crippen molar-refractivity contribution in [2.45, 2.75) is 13.8 Å². The van der Waals surface area contributed by atoms with Crippen LogP contribution in [0.15, 0.2) is 55.2 Å². The van der Waals surface area contributed by atoms with Gasteiger partial charge >= 0.3 is 0 Å². The molecule has 0 aliphatic carbocycles. The fourth-order valence-corrected chi connectivity index (χ4v) is 3.11. The molecule has 0 aliphatic rings. The van der Waals surface area contributed by atoms with Crippen LogP contribution in [0.4, 0.5) is 15.9 Å². The minimum absolute atomic E-state index is 0.274. The zero-order valence-electron chi connectivity index (χ0n) is 16.2. The number of nitrogens with one attached hydrogen (secondary N) is 1. The van der Waals surface area contributed by atoms with Crippen LogP contribution < -0.4 is 10.1 Å². The minimum atomic E-state index is -0.474. The van der Waals surface area contributed by atoms with E-state index in [9.17, 15) is 4.39 Å². The zero-order chi connectivity index (χ0) is 20.7. The van der Waals surface area contributed by atoms with Gasteiger partial charge in [-0.1, -0.05) is 0 Å². The third-order valence-corrected chi connectivity index (χ3v) is 4.62. The molecule has 0 bridgehead atoms. The van der Waals surface area contributed by atoms with Gasteiger partial charge in [-0.2, -0.15) is 5.10 Å². The summed E-state index contributed by atoms with van der Waals surface area (Å²) < 4.78 is 22.4. The Morgan fingerprint density at radius 3 is 2.80 bits per heavy atom. The molecule has 0 spiro atoms. The van der Waals surface area contributed by atoms with Crippen LogP contribution >= 0.6 is 0 Å². The number of benzene rings is 1. The van der Waals surface area contributed by atoms with E-state index in [1.807, 2.05) is 26.0 Å². The molecule has 8 nitrogen and oxygen atoms in total. The predicted molar refractivity (Wildman–Crippen MR) is 110 cm³/mol. The molecule has 0 aliphatic heterocycles. The van der Waals surface area contributed by atoms with Crippen LogP contribution in [-0.2, 0) is 0 Å². The van der Waals surface area contributed by atoms with E-state index in [4.69, 9.17) is 4.74 Å². The molecule has 0 saturated heterocycles. The van der Waals surface area contributed by atoms with Gasteiger partial charge in [0.15, 0.2) is 11.5 Å². The van der Waals surface area contributed by atoms with Crippen molar-refractivity contribution in [1.29, 1.82) is 0 Å². The second-order valence-corrected chi connectivity index (χ2v) is 6.79. The average molecular weight is 401 g/mol. The van der Waals surface area contributed by atoms with Crippen LogP contribution in [0.5, 0.6) is 11.5 Å². The average Bonchev–Trinajstić information content (AvgIpc) is 3.20. The molecule has 1 aromatic carbocycles. The molecular weight excluding hydrogens is 385 g/mol. The number of pyridine rings is 2. The molecule has 30 heavy (non-hydrogen) atoms. The van der Waals surface area contributed by atoms with E-state index >= 15 is 0 Å². The number of hydrogen-bond donors (Lipinski definition) is 1. The van der Waals surface area contributed by atoms with Gasteiger partial charge in [0.25, 0.3) is 0 Å². The fourth-order valence-electron chi connectivity index (χ4n) is 3.11.